The summed E-state index contributed by atoms with van der Waals surface area (Å²) in [6.45, 7) is 7.78. The Morgan fingerprint density at radius 1 is 1.10 bits per heavy atom. The molecule has 1 fully saturated rings. The van der Waals surface area contributed by atoms with Gasteiger partial charge in [-0.1, -0.05) is 12.1 Å². The van der Waals surface area contributed by atoms with Crippen LogP contribution in [-0.2, 0) is 0 Å². The molecule has 0 aromatic heterocycles. The van der Waals surface area contributed by atoms with Gasteiger partial charge in [0.05, 0.1) is 38.2 Å². The summed E-state index contributed by atoms with van der Waals surface area (Å²) < 4.78 is 0. The van der Waals surface area contributed by atoms with Gasteiger partial charge in [-0.05, 0) is 31.5 Å². The molecule has 1 heterocycles. The highest BCUT2D eigenvalue weighted by atomic mass is 16.4. The van der Waals surface area contributed by atoms with E-state index < -0.39 is 5.97 Å². The second-order valence-electron chi connectivity index (χ2n) is 5.47. The maximum Gasteiger partial charge on any atom is 0.254 e. The van der Waals surface area contributed by atoms with Crippen LogP contribution in [0.1, 0.15) is 34.6 Å². The van der Waals surface area contributed by atoms with E-state index in [0.717, 1.165) is 26.2 Å². The van der Waals surface area contributed by atoms with Crippen LogP contribution in [-0.4, -0.2) is 49.0 Å². The Morgan fingerprint density at radius 2 is 1.60 bits per heavy atom. The highest BCUT2D eigenvalue weighted by molar-refractivity contribution is 5.95. The second kappa shape index (κ2) is 6.05. The number of carboxylic acid groups (broad SMARTS) is 1. The van der Waals surface area contributed by atoms with E-state index in [2.05, 4.69) is 13.8 Å². The van der Waals surface area contributed by atoms with Gasteiger partial charge in [-0.25, -0.2) is 0 Å². The summed E-state index contributed by atoms with van der Waals surface area (Å²) in [5.74, 6) is -1.25. The van der Waals surface area contributed by atoms with Crippen molar-refractivity contribution in [3.05, 3.63) is 35.4 Å². The number of piperazine rings is 1. The van der Waals surface area contributed by atoms with Crippen LogP contribution in [0, 0.1) is 0 Å². The first-order valence-electron chi connectivity index (χ1n) is 6.94. The zero-order valence-corrected chi connectivity index (χ0v) is 11.9. The lowest BCUT2D eigenvalue weighted by atomic mass is 10.1. The summed E-state index contributed by atoms with van der Waals surface area (Å²) in [5, 5.41) is 10.7. The summed E-state index contributed by atoms with van der Waals surface area (Å²) >= 11 is 0. The summed E-state index contributed by atoms with van der Waals surface area (Å²) in [4.78, 5) is 26.3. The highest BCUT2D eigenvalue weighted by Gasteiger charge is 2.25. The molecule has 1 saturated heterocycles. The molecule has 0 aliphatic carbocycles. The van der Waals surface area contributed by atoms with Crippen molar-refractivity contribution in [3.63, 3.8) is 0 Å². The van der Waals surface area contributed by atoms with Gasteiger partial charge in [0.15, 0.2) is 0 Å². The monoisotopic (exact) mass is 276 g/mol. The molecule has 5 nitrogen and oxygen atoms in total. The Balaban J connectivity index is 2.00. The maximum atomic E-state index is 12.3. The third kappa shape index (κ3) is 3.17. The fraction of sp³-hybridized carbons (Fsp3) is 0.467. The zero-order valence-electron chi connectivity index (χ0n) is 11.9. The van der Waals surface area contributed by atoms with E-state index in [9.17, 15) is 14.7 Å². The lowest BCUT2D eigenvalue weighted by Crippen LogP contribution is -3.17. The third-order valence-corrected chi connectivity index (χ3v) is 3.88. The molecule has 0 atom stereocenters. The smallest absolute Gasteiger partial charge is 0.254 e. The molecule has 5 heteroatoms. The molecular weight excluding hydrogens is 256 g/mol. The van der Waals surface area contributed by atoms with Crippen molar-refractivity contribution >= 4 is 11.9 Å². The largest absolute Gasteiger partial charge is 0.545 e. The second-order valence-corrected chi connectivity index (χ2v) is 5.47. The number of carbonyl (C=O) groups is 2. The molecule has 0 bridgehead atoms. The number of aromatic carboxylic acids is 1. The maximum absolute atomic E-state index is 12.3. The number of rotatable bonds is 3. The number of hydrogen-bond donors (Lipinski definition) is 1. The van der Waals surface area contributed by atoms with Gasteiger partial charge in [0.25, 0.3) is 5.91 Å². The summed E-state index contributed by atoms with van der Waals surface area (Å²) in [5.41, 5.74) is 0.624. The van der Waals surface area contributed by atoms with Gasteiger partial charge in [0.2, 0.25) is 0 Å². The third-order valence-electron chi connectivity index (χ3n) is 3.88. The number of quaternary nitrogens is 1. The molecule has 1 amide bonds. The molecule has 1 aliphatic rings. The minimum Gasteiger partial charge on any atom is -0.545 e. The molecule has 1 N–H and O–H groups in total. The van der Waals surface area contributed by atoms with Gasteiger partial charge >= 0.3 is 0 Å². The Bertz CT molecular complexity index is 488. The predicted molar refractivity (Wildman–Crippen MR) is 72.5 cm³/mol. The molecule has 1 aromatic carbocycles. The van der Waals surface area contributed by atoms with Crippen LogP contribution < -0.4 is 10.0 Å². The number of amides is 1. The lowest BCUT2D eigenvalue weighted by molar-refractivity contribution is -0.925. The van der Waals surface area contributed by atoms with E-state index in [-0.39, 0.29) is 11.5 Å². The average Bonchev–Trinajstić information content (AvgIpc) is 2.46. The number of nitrogens with zero attached hydrogens (tertiary/aromatic N) is 1. The molecule has 0 unspecified atom stereocenters. The van der Waals surface area contributed by atoms with E-state index in [1.807, 2.05) is 4.90 Å². The number of hydrogen-bond acceptors (Lipinski definition) is 3. The molecule has 2 rings (SSSR count). The summed E-state index contributed by atoms with van der Waals surface area (Å²) in [6.07, 6.45) is 0. The van der Waals surface area contributed by atoms with Crippen molar-refractivity contribution in [2.24, 2.45) is 0 Å². The van der Waals surface area contributed by atoms with Gasteiger partial charge in [0, 0.05) is 5.56 Å². The number of nitrogens with one attached hydrogen (secondary N) is 1. The Kier molecular flexibility index (Phi) is 4.39. The van der Waals surface area contributed by atoms with Crippen LogP contribution in [0.2, 0.25) is 0 Å². The van der Waals surface area contributed by atoms with Crippen LogP contribution in [0.3, 0.4) is 0 Å². The van der Waals surface area contributed by atoms with E-state index in [1.54, 1.807) is 12.1 Å². The van der Waals surface area contributed by atoms with Crippen molar-refractivity contribution < 1.29 is 19.6 Å². The zero-order chi connectivity index (χ0) is 14.7. The molecule has 0 spiro atoms. The first kappa shape index (κ1) is 14.5. The van der Waals surface area contributed by atoms with Crippen molar-refractivity contribution in [1.82, 2.24) is 4.90 Å². The normalized spacial score (nSPS) is 16.4. The van der Waals surface area contributed by atoms with Gasteiger partial charge in [0.1, 0.15) is 0 Å². The van der Waals surface area contributed by atoms with E-state index in [0.29, 0.717) is 11.6 Å². The topological polar surface area (TPSA) is 64.9 Å². The van der Waals surface area contributed by atoms with Crippen LogP contribution in [0.4, 0.5) is 0 Å². The Morgan fingerprint density at radius 3 is 2.05 bits per heavy atom. The van der Waals surface area contributed by atoms with Crippen LogP contribution in [0.5, 0.6) is 0 Å². The molecular formula is C15H20N2O3. The van der Waals surface area contributed by atoms with Gasteiger partial charge < -0.3 is 19.7 Å². The first-order valence-corrected chi connectivity index (χ1v) is 6.94. The highest BCUT2D eigenvalue weighted by Crippen LogP contribution is 2.08. The summed E-state index contributed by atoms with van der Waals surface area (Å²) in [7, 11) is 0. The number of carboxylic acids is 1. The van der Waals surface area contributed by atoms with E-state index >= 15 is 0 Å². The van der Waals surface area contributed by atoms with E-state index in [4.69, 9.17) is 0 Å². The minimum absolute atomic E-state index is 0.0299. The predicted octanol–water partition coefficient (Wildman–Crippen LogP) is -1.20. The summed E-state index contributed by atoms with van der Waals surface area (Å²) in [6, 6.07) is 6.51. The van der Waals surface area contributed by atoms with Crippen LogP contribution in [0.25, 0.3) is 0 Å². The van der Waals surface area contributed by atoms with Crippen molar-refractivity contribution in [2.75, 3.05) is 26.2 Å². The molecule has 1 aromatic rings. The molecule has 0 saturated carbocycles. The van der Waals surface area contributed by atoms with Crippen LogP contribution >= 0.6 is 0 Å². The Labute approximate surface area is 118 Å². The minimum atomic E-state index is -1.22. The van der Waals surface area contributed by atoms with Crippen LogP contribution in [0.15, 0.2) is 24.3 Å². The standard InChI is InChI=1S/C15H20N2O3/c1-11(2)16-7-9-17(10-8-16)14(18)12-3-5-13(6-4-12)15(19)20/h3-6,11H,7-10H2,1-2H3,(H,19,20). The van der Waals surface area contributed by atoms with Gasteiger partial charge in [-0.3, -0.25) is 4.79 Å². The molecule has 20 heavy (non-hydrogen) atoms. The van der Waals surface area contributed by atoms with Gasteiger partial charge in [-0.15, -0.1) is 0 Å². The SMILES string of the molecule is CC(C)[NH+]1CCN(C(=O)c2ccc(C(=O)[O-])cc2)CC1. The van der Waals surface area contributed by atoms with Crippen molar-refractivity contribution in [1.29, 1.82) is 0 Å². The van der Waals surface area contributed by atoms with E-state index in [1.165, 1.54) is 17.0 Å². The first-order chi connectivity index (χ1) is 9.49. The van der Waals surface area contributed by atoms with Gasteiger partial charge in [-0.2, -0.15) is 0 Å². The molecule has 0 radical (unpaired) electrons. The fourth-order valence-electron chi connectivity index (χ4n) is 2.51. The lowest BCUT2D eigenvalue weighted by Gasteiger charge is -2.34. The number of carbonyl (C=O) groups excluding carboxylic acids is 2. The quantitative estimate of drug-likeness (QED) is 0.754. The Hall–Kier alpha value is -1.88. The van der Waals surface area contributed by atoms with Crippen molar-refractivity contribution in [3.8, 4) is 0 Å². The number of benzene rings is 1. The molecule has 108 valence electrons. The molecule has 1 aliphatic heterocycles. The fourth-order valence-corrected chi connectivity index (χ4v) is 2.51. The average molecular weight is 276 g/mol. The van der Waals surface area contributed by atoms with Crippen molar-refractivity contribution in [2.45, 2.75) is 19.9 Å².